The van der Waals surface area contributed by atoms with Gasteiger partial charge in [-0.05, 0) is 52.3 Å². The fourth-order valence-electron chi connectivity index (χ4n) is 2.33. The maximum atomic E-state index is 12.3. The molecule has 0 bridgehead atoms. The first-order chi connectivity index (χ1) is 10.6. The summed E-state index contributed by atoms with van der Waals surface area (Å²) in [5.74, 6) is -0.174. The number of nitrogens with one attached hydrogen (secondary N) is 2. The third-order valence-electron chi connectivity index (χ3n) is 3.44. The SMILES string of the molecule is CCN(CC(=O)Nc1c(C)cccc1C)CC(=O)NC(C)(C)C. The smallest absolute Gasteiger partial charge is 0.238 e. The maximum absolute atomic E-state index is 12.3. The van der Waals surface area contributed by atoms with Gasteiger partial charge >= 0.3 is 0 Å². The van der Waals surface area contributed by atoms with Crippen LogP contribution in [-0.4, -0.2) is 41.9 Å². The molecule has 2 N–H and O–H groups in total. The number of benzene rings is 1. The fraction of sp³-hybridized carbons (Fsp3) is 0.556. The summed E-state index contributed by atoms with van der Waals surface area (Å²) in [5, 5.41) is 5.87. The number of hydrogen-bond acceptors (Lipinski definition) is 3. The number of likely N-dealkylation sites (N-methyl/N-ethyl adjacent to an activating group) is 1. The lowest BCUT2D eigenvalue weighted by molar-refractivity contribution is -0.124. The molecule has 0 saturated heterocycles. The number of anilines is 1. The van der Waals surface area contributed by atoms with Crippen molar-refractivity contribution in [3.05, 3.63) is 29.3 Å². The van der Waals surface area contributed by atoms with Gasteiger partial charge in [0.1, 0.15) is 0 Å². The summed E-state index contributed by atoms with van der Waals surface area (Å²) < 4.78 is 0. The molecule has 0 aromatic heterocycles. The predicted octanol–water partition coefficient (Wildman–Crippen LogP) is 2.48. The highest BCUT2D eigenvalue weighted by molar-refractivity contribution is 5.94. The van der Waals surface area contributed by atoms with E-state index in [9.17, 15) is 9.59 Å². The molecule has 0 atom stereocenters. The highest BCUT2D eigenvalue weighted by atomic mass is 16.2. The molecule has 0 fully saturated rings. The van der Waals surface area contributed by atoms with Crippen LogP contribution < -0.4 is 10.6 Å². The molecule has 5 heteroatoms. The van der Waals surface area contributed by atoms with Crippen LogP contribution in [0.15, 0.2) is 18.2 Å². The third-order valence-corrected chi connectivity index (χ3v) is 3.44. The van der Waals surface area contributed by atoms with Crippen molar-refractivity contribution in [2.45, 2.75) is 47.1 Å². The van der Waals surface area contributed by atoms with Gasteiger partial charge in [-0.15, -0.1) is 0 Å². The minimum Gasteiger partial charge on any atom is -0.350 e. The van der Waals surface area contributed by atoms with Crippen LogP contribution in [0.25, 0.3) is 0 Å². The Bertz CT molecular complexity index is 542. The van der Waals surface area contributed by atoms with Crippen LogP contribution in [0.5, 0.6) is 0 Å². The van der Waals surface area contributed by atoms with Crippen LogP contribution in [0.4, 0.5) is 5.69 Å². The first-order valence-electron chi connectivity index (χ1n) is 8.02. The first kappa shape index (κ1) is 19.2. The summed E-state index contributed by atoms with van der Waals surface area (Å²) in [5.41, 5.74) is 2.66. The molecule has 0 heterocycles. The molecule has 0 aliphatic carbocycles. The zero-order valence-electron chi connectivity index (χ0n) is 15.1. The fourth-order valence-corrected chi connectivity index (χ4v) is 2.33. The number of para-hydroxylation sites is 1. The second-order valence-electron chi connectivity index (χ2n) is 6.92. The topological polar surface area (TPSA) is 61.4 Å². The van der Waals surface area contributed by atoms with E-state index in [4.69, 9.17) is 0 Å². The van der Waals surface area contributed by atoms with Gasteiger partial charge in [0.15, 0.2) is 0 Å². The van der Waals surface area contributed by atoms with Gasteiger partial charge in [0.25, 0.3) is 0 Å². The van der Waals surface area contributed by atoms with Crippen molar-refractivity contribution in [1.29, 1.82) is 0 Å². The molecule has 1 rings (SSSR count). The Balaban J connectivity index is 2.62. The Morgan fingerprint density at radius 1 is 1.04 bits per heavy atom. The van der Waals surface area contributed by atoms with Gasteiger partial charge in [-0.3, -0.25) is 14.5 Å². The van der Waals surface area contributed by atoms with Gasteiger partial charge in [0.2, 0.25) is 11.8 Å². The van der Waals surface area contributed by atoms with E-state index in [1.165, 1.54) is 0 Å². The van der Waals surface area contributed by atoms with Crippen LogP contribution in [0.1, 0.15) is 38.8 Å². The van der Waals surface area contributed by atoms with Crippen LogP contribution in [0, 0.1) is 13.8 Å². The zero-order valence-corrected chi connectivity index (χ0v) is 15.1. The Morgan fingerprint density at radius 3 is 2.04 bits per heavy atom. The third kappa shape index (κ3) is 6.82. The normalized spacial score (nSPS) is 11.4. The van der Waals surface area contributed by atoms with Crippen molar-refractivity contribution in [2.75, 3.05) is 25.0 Å². The van der Waals surface area contributed by atoms with E-state index in [-0.39, 0.29) is 30.4 Å². The van der Waals surface area contributed by atoms with E-state index in [1.54, 1.807) is 0 Å². The Hall–Kier alpha value is -1.88. The molecule has 2 amide bonds. The molecular formula is C18H29N3O2. The van der Waals surface area contributed by atoms with Crippen LogP contribution in [0.2, 0.25) is 0 Å². The van der Waals surface area contributed by atoms with Gasteiger partial charge in [0, 0.05) is 11.2 Å². The second-order valence-corrected chi connectivity index (χ2v) is 6.92. The number of nitrogens with zero attached hydrogens (tertiary/aromatic N) is 1. The largest absolute Gasteiger partial charge is 0.350 e. The molecule has 0 spiro atoms. The highest BCUT2D eigenvalue weighted by Gasteiger charge is 2.18. The van der Waals surface area contributed by atoms with Crippen LogP contribution >= 0.6 is 0 Å². The van der Waals surface area contributed by atoms with Gasteiger partial charge in [-0.2, -0.15) is 0 Å². The van der Waals surface area contributed by atoms with Crippen molar-refractivity contribution in [3.8, 4) is 0 Å². The molecule has 23 heavy (non-hydrogen) atoms. The standard InChI is InChI=1S/C18H29N3O2/c1-7-21(12-16(23)20-18(4,5)6)11-15(22)19-17-13(2)9-8-10-14(17)3/h8-10H,7,11-12H2,1-6H3,(H,19,22)(H,20,23). The molecular weight excluding hydrogens is 290 g/mol. The van der Waals surface area contributed by atoms with E-state index in [1.807, 2.05) is 64.6 Å². The minimum absolute atomic E-state index is 0.0702. The number of aryl methyl sites for hydroxylation is 2. The lowest BCUT2D eigenvalue weighted by atomic mass is 10.1. The molecule has 0 unspecified atom stereocenters. The molecule has 0 saturated carbocycles. The summed E-state index contributed by atoms with van der Waals surface area (Å²) in [6.45, 7) is 12.7. The number of carbonyl (C=O) groups is 2. The molecule has 0 radical (unpaired) electrons. The maximum Gasteiger partial charge on any atom is 0.238 e. The lowest BCUT2D eigenvalue weighted by Crippen LogP contribution is -2.47. The molecule has 1 aromatic carbocycles. The van der Waals surface area contributed by atoms with E-state index >= 15 is 0 Å². The molecule has 128 valence electrons. The van der Waals surface area contributed by atoms with E-state index in [0.29, 0.717) is 6.54 Å². The second kappa shape index (κ2) is 8.11. The molecule has 0 aliphatic heterocycles. The Kier molecular flexibility index (Phi) is 6.76. The highest BCUT2D eigenvalue weighted by Crippen LogP contribution is 2.19. The summed E-state index contributed by atoms with van der Waals surface area (Å²) >= 11 is 0. The number of carbonyl (C=O) groups excluding carboxylic acids is 2. The predicted molar refractivity (Wildman–Crippen MR) is 94.6 cm³/mol. The Morgan fingerprint density at radius 2 is 1.57 bits per heavy atom. The van der Waals surface area contributed by atoms with Gasteiger partial charge in [-0.25, -0.2) is 0 Å². The number of rotatable bonds is 6. The van der Waals surface area contributed by atoms with E-state index < -0.39 is 0 Å². The molecule has 0 aliphatic rings. The average molecular weight is 319 g/mol. The average Bonchev–Trinajstić information content (AvgIpc) is 2.40. The van der Waals surface area contributed by atoms with Gasteiger partial charge in [-0.1, -0.05) is 25.1 Å². The number of amides is 2. The monoisotopic (exact) mass is 319 g/mol. The van der Waals surface area contributed by atoms with E-state index in [2.05, 4.69) is 10.6 Å². The van der Waals surface area contributed by atoms with Gasteiger partial charge in [0.05, 0.1) is 13.1 Å². The summed E-state index contributed by atoms with van der Waals surface area (Å²) in [4.78, 5) is 26.1. The summed E-state index contributed by atoms with van der Waals surface area (Å²) in [7, 11) is 0. The van der Waals surface area contributed by atoms with Crippen molar-refractivity contribution in [3.63, 3.8) is 0 Å². The zero-order chi connectivity index (χ0) is 17.6. The van der Waals surface area contributed by atoms with Crippen molar-refractivity contribution >= 4 is 17.5 Å². The van der Waals surface area contributed by atoms with Crippen molar-refractivity contribution in [1.82, 2.24) is 10.2 Å². The van der Waals surface area contributed by atoms with Crippen molar-refractivity contribution in [2.24, 2.45) is 0 Å². The lowest BCUT2D eigenvalue weighted by Gasteiger charge is -2.24. The first-order valence-corrected chi connectivity index (χ1v) is 8.02. The van der Waals surface area contributed by atoms with Gasteiger partial charge < -0.3 is 10.6 Å². The molecule has 5 nitrogen and oxygen atoms in total. The minimum atomic E-state index is -0.267. The van der Waals surface area contributed by atoms with Crippen LogP contribution in [0.3, 0.4) is 0 Å². The molecule has 1 aromatic rings. The van der Waals surface area contributed by atoms with E-state index in [0.717, 1.165) is 16.8 Å². The van der Waals surface area contributed by atoms with Crippen LogP contribution in [-0.2, 0) is 9.59 Å². The number of hydrogen-bond donors (Lipinski definition) is 2. The quantitative estimate of drug-likeness (QED) is 0.847. The Labute approximate surface area is 139 Å². The summed E-state index contributed by atoms with van der Waals surface area (Å²) in [6.07, 6.45) is 0. The summed E-state index contributed by atoms with van der Waals surface area (Å²) in [6, 6.07) is 5.91. The van der Waals surface area contributed by atoms with Crippen molar-refractivity contribution < 1.29 is 9.59 Å².